The number of hydrogen-bond acceptors (Lipinski definition) is 2. The highest BCUT2D eigenvalue weighted by molar-refractivity contribution is 5.19. The van der Waals surface area contributed by atoms with Crippen molar-refractivity contribution in [2.75, 3.05) is 26.7 Å². The van der Waals surface area contributed by atoms with Gasteiger partial charge in [0.1, 0.15) is 5.82 Å². The second-order valence-corrected chi connectivity index (χ2v) is 6.27. The molecule has 19 heavy (non-hydrogen) atoms. The minimum absolute atomic E-state index is 0.156. The van der Waals surface area contributed by atoms with E-state index in [9.17, 15) is 4.39 Å². The molecular formula is C16H25FN2. The van der Waals surface area contributed by atoms with Gasteiger partial charge in [0.2, 0.25) is 0 Å². The molecule has 1 aromatic rings. The number of piperidine rings is 1. The molecule has 1 fully saturated rings. The fourth-order valence-corrected chi connectivity index (χ4v) is 2.63. The number of halogens is 1. The van der Waals surface area contributed by atoms with Crippen LogP contribution in [0.15, 0.2) is 24.3 Å². The Labute approximate surface area is 116 Å². The molecular weight excluding hydrogens is 239 g/mol. The van der Waals surface area contributed by atoms with E-state index in [0.29, 0.717) is 5.41 Å². The maximum atomic E-state index is 13.2. The first-order valence-corrected chi connectivity index (χ1v) is 7.16. The number of nitrogens with zero attached hydrogens (tertiary/aromatic N) is 1. The Balaban J connectivity index is 1.88. The summed E-state index contributed by atoms with van der Waals surface area (Å²) in [4.78, 5) is 2.39. The SMILES string of the molecule is CC(NCC1(C)CCN(C)CC1)c1cccc(F)c1. The van der Waals surface area contributed by atoms with Gasteiger partial charge in [0.25, 0.3) is 0 Å². The second-order valence-electron chi connectivity index (χ2n) is 6.27. The van der Waals surface area contributed by atoms with Gasteiger partial charge in [-0.1, -0.05) is 19.1 Å². The Morgan fingerprint density at radius 2 is 2.05 bits per heavy atom. The molecule has 1 aliphatic heterocycles. The van der Waals surface area contributed by atoms with Crippen LogP contribution in [0.3, 0.4) is 0 Å². The zero-order valence-corrected chi connectivity index (χ0v) is 12.2. The molecule has 0 saturated carbocycles. The summed E-state index contributed by atoms with van der Waals surface area (Å²) in [7, 11) is 2.18. The molecule has 0 aliphatic carbocycles. The molecule has 1 heterocycles. The summed E-state index contributed by atoms with van der Waals surface area (Å²) in [5.41, 5.74) is 1.39. The Morgan fingerprint density at radius 3 is 2.68 bits per heavy atom. The molecule has 0 radical (unpaired) electrons. The fraction of sp³-hybridized carbons (Fsp3) is 0.625. The van der Waals surface area contributed by atoms with E-state index in [4.69, 9.17) is 0 Å². The highest BCUT2D eigenvalue weighted by atomic mass is 19.1. The lowest BCUT2D eigenvalue weighted by molar-refractivity contribution is 0.134. The monoisotopic (exact) mass is 264 g/mol. The van der Waals surface area contributed by atoms with Crippen LogP contribution >= 0.6 is 0 Å². The van der Waals surface area contributed by atoms with Crippen molar-refractivity contribution in [1.29, 1.82) is 0 Å². The van der Waals surface area contributed by atoms with Crippen LogP contribution in [0.5, 0.6) is 0 Å². The standard InChI is InChI=1S/C16H25FN2/c1-13(14-5-4-6-15(17)11-14)18-12-16(2)7-9-19(3)10-8-16/h4-6,11,13,18H,7-10,12H2,1-3H3. The van der Waals surface area contributed by atoms with Gasteiger partial charge in [-0.2, -0.15) is 0 Å². The molecule has 1 aliphatic rings. The topological polar surface area (TPSA) is 15.3 Å². The van der Waals surface area contributed by atoms with Gasteiger partial charge in [0, 0.05) is 12.6 Å². The average molecular weight is 264 g/mol. The fourth-order valence-electron chi connectivity index (χ4n) is 2.63. The van der Waals surface area contributed by atoms with Crippen LogP contribution < -0.4 is 5.32 Å². The number of rotatable bonds is 4. The van der Waals surface area contributed by atoms with Crippen molar-refractivity contribution in [2.45, 2.75) is 32.7 Å². The number of nitrogens with one attached hydrogen (secondary N) is 1. The largest absolute Gasteiger partial charge is 0.310 e. The van der Waals surface area contributed by atoms with Gasteiger partial charge in [0.15, 0.2) is 0 Å². The average Bonchev–Trinajstić information content (AvgIpc) is 2.40. The van der Waals surface area contributed by atoms with Crippen LogP contribution in [-0.4, -0.2) is 31.6 Å². The van der Waals surface area contributed by atoms with Gasteiger partial charge in [-0.3, -0.25) is 0 Å². The van der Waals surface area contributed by atoms with E-state index in [1.807, 2.05) is 6.07 Å². The number of likely N-dealkylation sites (tertiary alicyclic amines) is 1. The first-order valence-electron chi connectivity index (χ1n) is 7.16. The molecule has 1 saturated heterocycles. The molecule has 2 rings (SSSR count). The summed E-state index contributed by atoms with van der Waals surface area (Å²) in [5, 5.41) is 3.57. The molecule has 1 atom stereocenters. The van der Waals surface area contributed by atoms with Crippen molar-refractivity contribution in [3.63, 3.8) is 0 Å². The third-order valence-electron chi connectivity index (χ3n) is 4.38. The summed E-state index contributed by atoms with van der Waals surface area (Å²) >= 11 is 0. The second kappa shape index (κ2) is 6.02. The predicted molar refractivity (Wildman–Crippen MR) is 77.7 cm³/mol. The van der Waals surface area contributed by atoms with Crippen LogP contribution in [0, 0.1) is 11.2 Å². The molecule has 2 nitrogen and oxygen atoms in total. The lowest BCUT2D eigenvalue weighted by Crippen LogP contribution is -2.42. The molecule has 3 heteroatoms. The van der Waals surface area contributed by atoms with Crippen molar-refractivity contribution < 1.29 is 4.39 Å². The van der Waals surface area contributed by atoms with E-state index in [2.05, 4.69) is 31.1 Å². The van der Waals surface area contributed by atoms with Gasteiger partial charge in [0.05, 0.1) is 0 Å². The smallest absolute Gasteiger partial charge is 0.123 e. The number of hydrogen-bond donors (Lipinski definition) is 1. The van der Waals surface area contributed by atoms with Crippen LogP contribution in [-0.2, 0) is 0 Å². The minimum atomic E-state index is -0.156. The van der Waals surface area contributed by atoms with E-state index < -0.39 is 0 Å². The third-order valence-corrected chi connectivity index (χ3v) is 4.38. The Hall–Kier alpha value is -0.930. The van der Waals surface area contributed by atoms with Crippen LogP contribution in [0.25, 0.3) is 0 Å². The Kier molecular flexibility index (Phi) is 4.58. The van der Waals surface area contributed by atoms with Gasteiger partial charge in [-0.05, 0) is 63.0 Å². The lowest BCUT2D eigenvalue weighted by atomic mass is 9.80. The maximum Gasteiger partial charge on any atom is 0.123 e. The third kappa shape index (κ3) is 4.02. The summed E-state index contributed by atoms with van der Waals surface area (Å²) in [5.74, 6) is -0.156. The first-order chi connectivity index (χ1) is 8.98. The predicted octanol–water partition coefficient (Wildman–Crippen LogP) is 3.21. The van der Waals surface area contributed by atoms with Crippen molar-refractivity contribution >= 4 is 0 Å². The van der Waals surface area contributed by atoms with Gasteiger partial charge in [-0.25, -0.2) is 4.39 Å². The van der Waals surface area contributed by atoms with Gasteiger partial charge < -0.3 is 10.2 Å². The van der Waals surface area contributed by atoms with Gasteiger partial charge >= 0.3 is 0 Å². The van der Waals surface area contributed by atoms with Crippen LogP contribution in [0.1, 0.15) is 38.3 Å². The van der Waals surface area contributed by atoms with Gasteiger partial charge in [-0.15, -0.1) is 0 Å². The van der Waals surface area contributed by atoms with E-state index in [0.717, 1.165) is 12.1 Å². The lowest BCUT2D eigenvalue weighted by Gasteiger charge is -2.38. The van der Waals surface area contributed by atoms with Crippen molar-refractivity contribution in [2.24, 2.45) is 5.41 Å². The van der Waals surface area contributed by atoms with E-state index in [-0.39, 0.29) is 11.9 Å². The summed E-state index contributed by atoms with van der Waals surface area (Å²) in [6.45, 7) is 7.80. The first kappa shape index (κ1) is 14.5. The van der Waals surface area contributed by atoms with E-state index >= 15 is 0 Å². The summed E-state index contributed by atoms with van der Waals surface area (Å²) in [6, 6.07) is 7.08. The van der Waals surface area contributed by atoms with Crippen LogP contribution in [0.2, 0.25) is 0 Å². The molecule has 1 unspecified atom stereocenters. The zero-order valence-electron chi connectivity index (χ0n) is 12.2. The normalized spacial score (nSPS) is 21.3. The van der Waals surface area contributed by atoms with E-state index in [1.54, 1.807) is 12.1 Å². The quantitative estimate of drug-likeness (QED) is 0.898. The highest BCUT2D eigenvalue weighted by Crippen LogP contribution is 2.30. The molecule has 0 spiro atoms. The summed E-state index contributed by atoms with van der Waals surface area (Å²) in [6.07, 6.45) is 2.46. The maximum absolute atomic E-state index is 13.2. The van der Waals surface area contributed by atoms with Crippen molar-refractivity contribution in [1.82, 2.24) is 10.2 Å². The molecule has 0 bridgehead atoms. The molecule has 106 valence electrons. The van der Waals surface area contributed by atoms with Crippen molar-refractivity contribution in [3.05, 3.63) is 35.6 Å². The summed E-state index contributed by atoms with van der Waals surface area (Å²) < 4.78 is 13.2. The highest BCUT2D eigenvalue weighted by Gasteiger charge is 2.28. The molecule has 0 amide bonds. The Bertz CT molecular complexity index is 411. The molecule has 0 aromatic heterocycles. The Morgan fingerprint density at radius 1 is 1.37 bits per heavy atom. The minimum Gasteiger partial charge on any atom is -0.310 e. The van der Waals surface area contributed by atoms with Crippen molar-refractivity contribution in [3.8, 4) is 0 Å². The molecule has 1 N–H and O–H groups in total. The van der Waals surface area contributed by atoms with Crippen LogP contribution in [0.4, 0.5) is 4.39 Å². The number of benzene rings is 1. The molecule has 1 aromatic carbocycles. The van der Waals surface area contributed by atoms with E-state index in [1.165, 1.54) is 32.0 Å². The zero-order chi connectivity index (χ0) is 13.9.